The molecule has 0 atom stereocenters. The van der Waals surface area contributed by atoms with E-state index in [1.165, 1.54) is 0 Å². The van der Waals surface area contributed by atoms with Crippen LogP contribution >= 0.6 is 0 Å². The van der Waals surface area contributed by atoms with Gasteiger partial charge in [0.1, 0.15) is 6.54 Å². The second-order valence-electron chi connectivity index (χ2n) is 4.84. The number of nitrogens with zero attached hydrogens (tertiary/aromatic N) is 1. The van der Waals surface area contributed by atoms with Crippen LogP contribution in [0.2, 0.25) is 0 Å². The molecule has 21 heavy (non-hydrogen) atoms. The topological polar surface area (TPSA) is 94.9 Å². The maximum absolute atomic E-state index is 12.0. The van der Waals surface area contributed by atoms with Gasteiger partial charge in [0.05, 0.1) is 6.42 Å². The quantitative estimate of drug-likeness (QED) is 0.753. The lowest BCUT2D eigenvalue weighted by atomic mass is 10.1. The van der Waals surface area contributed by atoms with Gasteiger partial charge in [-0.3, -0.25) is 14.4 Å². The number of hydrogen-bond acceptors (Lipinski definition) is 3. The van der Waals surface area contributed by atoms with E-state index in [4.69, 9.17) is 10.2 Å². The lowest BCUT2D eigenvalue weighted by molar-refractivity contribution is -0.146. The predicted octanol–water partition coefficient (Wildman–Crippen LogP) is 1.32. The summed E-state index contributed by atoms with van der Waals surface area (Å²) >= 11 is 0. The zero-order valence-electron chi connectivity index (χ0n) is 11.9. The van der Waals surface area contributed by atoms with E-state index in [1.54, 1.807) is 0 Å². The maximum Gasteiger partial charge on any atom is 0.323 e. The molecule has 1 rings (SSSR count). The molecular formula is C15H19NO5. The van der Waals surface area contributed by atoms with Crippen LogP contribution in [0.5, 0.6) is 0 Å². The largest absolute Gasteiger partial charge is 0.481 e. The number of benzene rings is 1. The minimum Gasteiger partial charge on any atom is -0.481 e. The molecule has 0 aliphatic heterocycles. The smallest absolute Gasteiger partial charge is 0.323 e. The highest BCUT2D eigenvalue weighted by atomic mass is 16.4. The van der Waals surface area contributed by atoms with Gasteiger partial charge in [0.25, 0.3) is 0 Å². The zero-order valence-corrected chi connectivity index (χ0v) is 11.9. The summed E-state index contributed by atoms with van der Waals surface area (Å²) in [4.78, 5) is 34.3. The molecule has 1 aromatic rings. The zero-order chi connectivity index (χ0) is 15.8. The second-order valence-corrected chi connectivity index (χ2v) is 4.84. The van der Waals surface area contributed by atoms with Crippen LogP contribution in [0.15, 0.2) is 24.3 Å². The van der Waals surface area contributed by atoms with E-state index in [-0.39, 0.29) is 25.3 Å². The van der Waals surface area contributed by atoms with Crippen molar-refractivity contribution in [3.05, 3.63) is 35.4 Å². The van der Waals surface area contributed by atoms with Crippen LogP contribution in [-0.2, 0) is 20.8 Å². The summed E-state index contributed by atoms with van der Waals surface area (Å²) in [5.41, 5.74) is 2.11. The highest BCUT2D eigenvalue weighted by molar-refractivity contribution is 5.82. The minimum absolute atomic E-state index is 0.0889. The molecule has 2 N–H and O–H groups in total. The first-order valence-electron chi connectivity index (χ1n) is 6.65. The number of hydrogen-bond donors (Lipinski definition) is 2. The lowest BCUT2D eigenvalue weighted by Gasteiger charge is -2.19. The van der Waals surface area contributed by atoms with Gasteiger partial charge in [0, 0.05) is 13.0 Å². The molecule has 0 aliphatic rings. The summed E-state index contributed by atoms with van der Waals surface area (Å²) in [6.45, 7) is 1.41. The molecule has 0 fully saturated rings. The van der Waals surface area contributed by atoms with E-state index < -0.39 is 18.5 Å². The number of carboxylic acids is 2. The number of rotatable bonds is 8. The number of aliphatic carboxylic acids is 2. The molecule has 0 aromatic heterocycles. The standard InChI is InChI=1S/C15H19NO5/c1-11-2-4-12(5-3-11)6-7-13(17)16(10-15(20)21)9-8-14(18)19/h2-5H,6-10H2,1H3,(H,18,19)(H,20,21). The third kappa shape index (κ3) is 6.56. The number of amides is 1. The van der Waals surface area contributed by atoms with Crippen LogP contribution in [0, 0.1) is 6.92 Å². The van der Waals surface area contributed by atoms with Gasteiger partial charge in [0.2, 0.25) is 5.91 Å². The Kier molecular flexibility index (Phi) is 6.39. The lowest BCUT2D eigenvalue weighted by Crippen LogP contribution is -2.37. The summed E-state index contributed by atoms with van der Waals surface area (Å²) in [7, 11) is 0. The van der Waals surface area contributed by atoms with Gasteiger partial charge in [-0.05, 0) is 18.9 Å². The van der Waals surface area contributed by atoms with Crippen molar-refractivity contribution in [3.63, 3.8) is 0 Å². The molecule has 0 unspecified atom stereocenters. The third-order valence-corrected chi connectivity index (χ3v) is 3.02. The fraction of sp³-hybridized carbons (Fsp3) is 0.400. The second kappa shape index (κ2) is 8.04. The summed E-state index contributed by atoms with van der Waals surface area (Å²) < 4.78 is 0. The molecule has 1 aromatic carbocycles. The molecule has 0 spiro atoms. The third-order valence-electron chi connectivity index (χ3n) is 3.02. The van der Waals surface area contributed by atoms with Crippen molar-refractivity contribution in [2.75, 3.05) is 13.1 Å². The summed E-state index contributed by atoms with van der Waals surface area (Å²) in [6.07, 6.45) is 0.405. The molecule has 0 aliphatic carbocycles. The Bertz CT molecular complexity index is 509. The van der Waals surface area contributed by atoms with Crippen molar-refractivity contribution in [1.29, 1.82) is 0 Å². The van der Waals surface area contributed by atoms with Crippen molar-refractivity contribution in [1.82, 2.24) is 4.90 Å². The molecule has 6 heteroatoms. The number of aryl methyl sites for hydroxylation is 2. The van der Waals surface area contributed by atoms with E-state index in [1.807, 2.05) is 31.2 Å². The number of carbonyl (C=O) groups excluding carboxylic acids is 1. The minimum atomic E-state index is -1.15. The van der Waals surface area contributed by atoms with Crippen molar-refractivity contribution in [2.24, 2.45) is 0 Å². The van der Waals surface area contributed by atoms with Crippen LogP contribution < -0.4 is 0 Å². The first-order chi connectivity index (χ1) is 9.88. The first-order valence-corrected chi connectivity index (χ1v) is 6.65. The van der Waals surface area contributed by atoms with E-state index in [9.17, 15) is 14.4 Å². The maximum atomic E-state index is 12.0. The van der Waals surface area contributed by atoms with Gasteiger partial charge in [-0.15, -0.1) is 0 Å². The van der Waals surface area contributed by atoms with Gasteiger partial charge in [-0.25, -0.2) is 0 Å². The van der Waals surface area contributed by atoms with Crippen molar-refractivity contribution in [3.8, 4) is 0 Å². The normalized spacial score (nSPS) is 10.1. The summed E-state index contributed by atoms with van der Waals surface area (Å²) in [5, 5.41) is 17.4. The fourth-order valence-corrected chi connectivity index (χ4v) is 1.85. The van der Waals surface area contributed by atoms with Crippen molar-refractivity contribution < 1.29 is 24.6 Å². The average molecular weight is 293 g/mol. The van der Waals surface area contributed by atoms with Crippen LogP contribution in [0.1, 0.15) is 24.0 Å². The monoisotopic (exact) mass is 293 g/mol. The number of carboxylic acid groups (broad SMARTS) is 2. The molecular weight excluding hydrogens is 274 g/mol. The molecule has 1 amide bonds. The fourth-order valence-electron chi connectivity index (χ4n) is 1.85. The Labute approximate surface area is 123 Å². The molecule has 0 bridgehead atoms. The molecule has 114 valence electrons. The van der Waals surface area contributed by atoms with Crippen LogP contribution in [0.3, 0.4) is 0 Å². The molecule has 0 heterocycles. The van der Waals surface area contributed by atoms with E-state index in [0.29, 0.717) is 6.42 Å². The Morgan fingerprint density at radius 3 is 2.14 bits per heavy atom. The van der Waals surface area contributed by atoms with Crippen molar-refractivity contribution in [2.45, 2.75) is 26.2 Å². The Balaban J connectivity index is 2.56. The van der Waals surface area contributed by atoms with E-state index in [2.05, 4.69) is 0 Å². The van der Waals surface area contributed by atoms with Crippen LogP contribution in [0.4, 0.5) is 0 Å². The van der Waals surface area contributed by atoms with E-state index >= 15 is 0 Å². The van der Waals surface area contributed by atoms with Gasteiger partial charge in [-0.1, -0.05) is 29.8 Å². The summed E-state index contributed by atoms with van der Waals surface area (Å²) in [5.74, 6) is -2.56. The highest BCUT2D eigenvalue weighted by Crippen LogP contribution is 2.07. The molecule has 0 saturated heterocycles. The van der Waals surface area contributed by atoms with Crippen LogP contribution in [0.25, 0.3) is 0 Å². The SMILES string of the molecule is Cc1ccc(CCC(=O)N(CCC(=O)O)CC(=O)O)cc1. The van der Waals surface area contributed by atoms with Gasteiger partial charge >= 0.3 is 11.9 Å². The highest BCUT2D eigenvalue weighted by Gasteiger charge is 2.17. The van der Waals surface area contributed by atoms with Gasteiger partial charge in [-0.2, -0.15) is 0 Å². The van der Waals surface area contributed by atoms with Crippen molar-refractivity contribution >= 4 is 17.8 Å². The van der Waals surface area contributed by atoms with Gasteiger partial charge < -0.3 is 15.1 Å². The predicted molar refractivity (Wildman–Crippen MR) is 76.0 cm³/mol. The van der Waals surface area contributed by atoms with Gasteiger partial charge in [0.15, 0.2) is 0 Å². The molecule has 6 nitrogen and oxygen atoms in total. The van der Waals surface area contributed by atoms with Crippen LogP contribution in [-0.4, -0.2) is 46.0 Å². The Hall–Kier alpha value is -2.37. The summed E-state index contributed by atoms with van der Waals surface area (Å²) in [6, 6.07) is 7.72. The molecule has 0 radical (unpaired) electrons. The molecule has 0 saturated carbocycles. The Morgan fingerprint density at radius 1 is 1.00 bits per heavy atom. The average Bonchev–Trinajstić information content (AvgIpc) is 2.42. The first kappa shape index (κ1) is 16.7. The van der Waals surface area contributed by atoms with E-state index in [0.717, 1.165) is 16.0 Å². The Morgan fingerprint density at radius 2 is 1.62 bits per heavy atom. The number of carbonyl (C=O) groups is 3.